The average Bonchev–Trinajstić information content (AvgIpc) is 3.29. The number of ether oxygens (including phenoxy) is 2. The van der Waals surface area contributed by atoms with Crippen LogP contribution < -0.4 is 4.74 Å². The highest BCUT2D eigenvalue weighted by atomic mass is 19.2. The number of halogens is 2. The van der Waals surface area contributed by atoms with Gasteiger partial charge in [0.05, 0.1) is 38.4 Å². The molecule has 1 aliphatic rings. The molecule has 1 fully saturated rings. The topological polar surface area (TPSA) is 82.5 Å². The van der Waals surface area contributed by atoms with Crippen LogP contribution in [-0.4, -0.2) is 85.1 Å². The van der Waals surface area contributed by atoms with E-state index < -0.39 is 11.6 Å². The van der Waals surface area contributed by atoms with Gasteiger partial charge in [-0.1, -0.05) is 18.2 Å². The number of carbonyl (C=O) groups excluding carboxylic acids is 1. The second kappa shape index (κ2) is 12.8. The average molecular weight is 479 g/mol. The molecule has 7 nitrogen and oxygen atoms in total. The molecule has 1 unspecified atom stereocenters. The molecule has 2 atom stereocenters. The highest BCUT2D eigenvalue weighted by molar-refractivity contribution is 5.79. The summed E-state index contributed by atoms with van der Waals surface area (Å²) in [4.78, 5) is 16.9. The van der Waals surface area contributed by atoms with E-state index in [1.807, 2.05) is 12.1 Å². The number of aliphatic hydroxyl groups is 2. The van der Waals surface area contributed by atoms with Crippen molar-refractivity contribution in [3.8, 4) is 5.75 Å². The highest BCUT2D eigenvalue weighted by Gasteiger charge is 2.29. The fraction of sp³-hybridized carbons (Fsp3) is 0.480. The Hall–Kier alpha value is -2.59. The van der Waals surface area contributed by atoms with Gasteiger partial charge in [0.15, 0.2) is 11.6 Å². The first-order chi connectivity index (χ1) is 16.4. The third-order valence-corrected chi connectivity index (χ3v) is 5.93. The fourth-order valence-electron chi connectivity index (χ4n) is 4.09. The van der Waals surface area contributed by atoms with Gasteiger partial charge in [-0.15, -0.1) is 0 Å². The number of likely N-dealkylation sites (tertiary alicyclic amines) is 1. The molecule has 1 heterocycles. The van der Waals surface area contributed by atoms with Gasteiger partial charge in [-0.2, -0.15) is 0 Å². The zero-order chi connectivity index (χ0) is 24.5. The van der Waals surface area contributed by atoms with Crippen LogP contribution in [0.25, 0.3) is 0 Å². The van der Waals surface area contributed by atoms with Crippen molar-refractivity contribution in [3.63, 3.8) is 0 Å². The maximum Gasteiger partial charge on any atom is 0.227 e. The molecule has 1 aliphatic heterocycles. The van der Waals surface area contributed by atoms with E-state index in [1.54, 1.807) is 24.1 Å². The summed E-state index contributed by atoms with van der Waals surface area (Å²) in [5, 5.41) is 17.9. The van der Waals surface area contributed by atoms with E-state index >= 15 is 0 Å². The SMILES string of the molecule is CN(C(=O)Cc1ccc(F)c(F)c1)C(CN1CC[C@H](OCCO)C1)c1ccc(OCCO)cc1. The molecule has 2 aromatic rings. The van der Waals surface area contributed by atoms with E-state index in [1.165, 1.54) is 6.07 Å². The van der Waals surface area contributed by atoms with Crippen LogP contribution in [0.3, 0.4) is 0 Å². The van der Waals surface area contributed by atoms with Crippen molar-refractivity contribution in [2.24, 2.45) is 0 Å². The van der Waals surface area contributed by atoms with Crippen molar-refractivity contribution in [3.05, 3.63) is 65.2 Å². The molecule has 186 valence electrons. The first-order valence-corrected chi connectivity index (χ1v) is 11.4. The van der Waals surface area contributed by atoms with Crippen LogP contribution in [0.4, 0.5) is 8.78 Å². The summed E-state index contributed by atoms with van der Waals surface area (Å²) >= 11 is 0. The van der Waals surface area contributed by atoms with Gasteiger partial charge in [0.25, 0.3) is 0 Å². The predicted molar refractivity (Wildman–Crippen MR) is 122 cm³/mol. The van der Waals surface area contributed by atoms with Gasteiger partial charge < -0.3 is 24.6 Å². The minimum Gasteiger partial charge on any atom is -0.491 e. The van der Waals surface area contributed by atoms with Gasteiger partial charge in [0.2, 0.25) is 5.91 Å². The van der Waals surface area contributed by atoms with Gasteiger partial charge in [0, 0.05) is 26.7 Å². The molecule has 34 heavy (non-hydrogen) atoms. The van der Waals surface area contributed by atoms with Gasteiger partial charge in [-0.05, 0) is 41.8 Å². The van der Waals surface area contributed by atoms with E-state index in [2.05, 4.69) is 4.90 Å². The Morgan fingerprint density at radius 1 is 1.12 bits per heavy atom. The molecular weight excluding hydrogens is 446 g/mol. The van der Waals surface area contributed by atoms with Gasteiger partial charge in [-0.25, -0.2) is 8.78 Å². The molecule has 0 bridgehead atoms. The van der Waals surface area contributed by atoms with E-state index in [9.17, 15) is 13.6 Å². The Kier molecular flexibility index (Phi) is 9.76. The summed E-state index contributed by atoms with van der Waals surface area (Å²) in [5.41, 5.74) is 1.30. The van der Waals surface area contributed by atoms with Crippen molar-refractivity contribution in [2.45, 2.75) is 25.0 Å². The zero-order valence-corrected chi connectivity index (χ0v) is 19.3. The molecule has 0 aliphatic carbocycles. The standard InChI is InChI=1S/C25H32F2N2O5/c1-28(25(32)15-18-2-7-22(26)23(27)14-18)24(17-29-9-8-21(16-29)34-13-11-31)19-3-5-20(6-4-19)33-12-10-30/h2-7,14,21,24,30-31H,8-13,15-17H2,1H3/t21-,24?/m0/s1. The van der Waals surface area contributed by atoms with E-state index in [4.69, 9.17) is 19.7 Å². The summed E-state index contributed by atoms with van der Waals surface area (Å²) in [6, 6.07) is 10.6. The molecule has 2 aromatic carbocycles. The second-order valence-corrected chi connectivity index (χ2v) is 8.35. The Morgan fingerprint density at radius 2 is 1.85 bits per heavy atom. The normalized spacial score (nSPS) is 17.0. The quantitative estimate of drug-likeness (QED) is 0.487. The van der Waals surface area contributed by atoms with E-state index in [0.717, 1.165) is 30.7 Å². The predicted octanol–water partition coefficient (Wildman–Crippen LogP) is 2.16. The summed E-state index contributed by atoms with van der Waals surface area (Å²) in [5.74, 6) is -1.53. The van der Waals surface area contributed by atoms with Crippen LogP contribution in [0.1, 0.15) is 23.6 Å². The van der Waals surface area contributed by atoms with Crippen molar-refractivity contribution in [1.29, 1.82) is 0 Å². The molecule has 1 amide bonds. The minimum absolute atomic E-state index is 0.0228. The van der Waals surface area contributed by atoms with Crippen LogP contribution in [-0.2, 0) is 16.0 Å². The first kappa shape index (κ1) is 26.0. The molecular formula is C25H32F2N2O5. The first-order valence-electron chi connectivity index (χ1n) is 11.4. The number of rotatable bonds is 12. The lowest BCUT2D eigenvalue weighted by Gasteiger charge is -2.32. The number of carbonyl (C=O) groups is 1. The second-order valence-electron chi connectivity index (χ2n) is 8.35. The summed E-state index contributed by atoms with van der Waals surface area (Å²) in [7, 11) is 1.71. The lowest BCUT2D eigenvalue weighted by atomic mass is 10.0. The zero-order valence-electron chi connectivity index (χ0n) is 19.3. The summed E-state index contributed by atoms with van der Waals surface area (Å²) in [6.45, 7) is 2.44. The van der Waals surface area contributed by atoms with E-state index in [-0.39, 0.29) is 44.3 Å². The Labute approximate surface area is 198 Å². The molecule has 1 saturated heterocycles. The molecule has 3 rings (SSSR count). The van der Waals surface area contributed by atoms with Crippen LogP contribution in [0.2, 0.25) is 0 Å². The van der Waals surface area contributed by atoms with Crippen molar-refractivity contribution >= 4 is 5.91 Å². The van der Waals surface area contributed by atoms with Crippen molar-refractivity contribution < 1.29 is 33.3 Å². The molecule has 0 spiro atoms. The largest absolute Gasteiger partial charge is 0.491 e. The van der Waals surface area contributed by atoms with E-state index in [0.29, 0.717) is 31.0 Å². The number of likely N-dealkylation sites (N-methyl/N-ethyl adjacent to an activating group) is 1. The van der Waals surface area contributed by atoms with Crippen LogP contribution >= 0.6 is 0 Å². The van der Waals surface area contributed by atoms with Gasteiger partial charge in [0.1, 0.15) is 12.4 Å². The number of amides is 1. The number of hydrogen-bond donors (Lipinski definition) is 2. The Morgan fingerprint density at radius 3 is 2.53 bits per heavy atom. The molecule has 0 saturated carbocycles. The Bertz CT molecular complexity index is 928. The third-order valence-electron chi connectivity index (χ3n) is 5.93. The molecule has 9 heteroatoms. The number of nitrogens with zero attached hydrogens (tertiary/aromatic N) is 2. The lowest BCUT2D eigenvalue weighted by molar-refractivity contribution is -0.131. The van der Waals surface area contributed by atoms with Crippen molar-refractivity contribution in [1.82, 2.24) is 9.80 Å². The maximum atomic E-state index is 13.6. The lowest BCUT2D eigenvalue weighted by Crippen LogP contribution is -2.39. The van der Waals surface area contributed by atoms with Crippen LogP contribution in [0, 0.1) is 11.6 Å². The van der Waals surface area contributed by atoms with Crippen molar-refractivity contribution in [2.75, 3.05) is 53.1 Å². The fourth-order valence-corrected chi connectivity index (χ4v) is 4.09. The third kappa shape index (κ3) is 7.20. The summed E-state index contributed by atoms with van der Waals surface area (Å²) < 4.78 is 38.0. The molecule has 0 aromatic heterocycles. The van der Waals surface area contributed by atoms with Crippen LogP contribution in [0.5, 0.6) is 5.75 Å². The maximum absolute atomic E-state index is 13.6. The number of aliphatic hydroxyl groups excluding tert-OH is 2. The Balaban J connectivity index is 1.74. The van der Waals surface area contributed by atoms with Crippen LogP contribution in [0.15, 0.2) is 42.5 Å². The smallest absolute Gasteiger partial charge is 0.227 e. The highest BCUT2D eigenvalue weighted by Crippen LogP contribution is 2.26. The van der Waals surface area contributed by atoms with Gasteiger partial charge >= 0.3 is 0 Å². The van der Waals surface area contributed by atoms with Gasteiger partial charge in [-0.3, -0.25) is 9.69 Å². The monoisotopic (exact) mass is 478 g/mol. The minimum atomic E-state index is -0.978. The number of benzene rings is 2. The molecule has 2 N–H and O–H groups in total. The molecule has 0 radical (unpaired) electrons. The number of hydrogen-bond acceptors (Lipinski definition) is 6. The summed E-state index contributed by atoms with van der Waals surface area (Å²) in [6.07, 6.45) is 0.822.